The number of hydrogen-bond donors (Lipinski definition) is 8. The maximum absolute atomic E-state index is 12.9. The van der Waals surface area contributed by atoms with Crippen molar-refractivity contribution in [1.29, 1.82) is 0 Å². The molecular weight excluding hydrogens is 548 g/mol. The Labute approximate surface area is 233 Å². The van der Waals surface area contributed by atoms with Crippen molar-refractivity contribution in [3.8, 4) is 23.0 Å². The Bertz CT molecular complexity index is 1240. The minimum atomic E-state index is -1.75. The summed E-state index contributed by atoms with van der Waals surface area (Å²) in [6.45, 7) is 0.716. The number of hydrogen-bond acceptors (Lipinski definition) is 14. The molecule has 3 aliphatic rings. The molecule has 8 N–H and O–H groups in total. The Kier molecular flexibility index (Phi) is 8.39. The molecule has 2 saturated heterocycles. The van der Waals surface area contributed by atoms with Crippen LogP contribution in [0.2, 0.25) is 0 Å². The van der Waals surface area contributed by atoms with Crippen LogP contribution in [0, 0.1) is 0 Å². The second-order valence-electron chi connectivity index (χ2n) is 10.2. The maximum atomic E-state index is 12.9. The van der Waals surface area contributed by atoms with Crippen LogP contribution in [0.1, 0.15) is 35.4 Å². The van der Waals surface area contributed by atoms with Gasteiger partial charge in [0.05, 0.1) is 19.1 Å². The molecule has 14 heteroatoms. The number of phenols is 2. The number of benzene rings is 2. The van der Waals surface area contributed by atoms with Crippen LogP contribution < -0.4 is 9.47 Å². The van der Waals surface area contributed by atoms with Crippen LogP contribution in [-0.2, 0) is 14.2 Å². The molecule has 11 atom stereocenters. The van der Waals surface area contributed by atoms with Gasteiger partial charge in [-0.15, -0.1) is 0 Å². The van der Waals surface area contributed by atoms with Crippen LogP contribution >= 0.6 is 0 Å². The summed E-state index contributed by atoms with van der Waals surface area (Å²) in [6.07, 6.45) is -16.0. The first kappa shape index (κ1) is 29.4. The minimum Gasteiger partial charge on any atom is -0.508 e. The van der Waals surface area contributed by atoms with E-state index in [2.05, 4.69) is 0 Å². The van der Waals surface area contributed by atoms with Crippen LogP contribution in [-0.4, -0.2) is 115 Å². The van der Waals surface area contributed by atoms with Gasteiger partial charge in [-0.05, 0) is 24.6 Å². The summed E-state index contributed by atoms with van der Waals surface area (Å²) in [4.78, 5) is 12.9. The zero-order chi connectivity index (χ0) is 29.6. The van der Waals surface area contributed by atoms with Gasteiger partial charge in [-0.25, -0.2) is 0 Å². The zero-order valence-electron chi connectivity index (χ0n) is 21.8. The molecule has 0 unspecified atom stereocenters. The van der Waals surface area contributed by atoms with Crippen LogP contribution in [0.25, 0.3) is 0 Å². The van der Waals surface area contributed by atoms with Gasteiger partial charge in [-0.1, -0.05) is 12.1 Å². The predicted molar refractivity (Wildman–Crippen MR) is 134 cm³/mol. The Hall–Kier alpha value is -3.05. The highest BCUT2D eigenvalue weighted by Crippen LogP contribution is 2.43. The second kappa shape index (κ2) is 11.7. The van der Waals surface area contributed by atoms with Crippen LogP contribution in [0.4, 0.5) is 0 Å². The van der Waals surface area contributed by atoms with Gasteiger partial charge in [-0.3, -0.25) is 4.79 Å². The molecule has 2 aromatic carbocycles. The number of ether oxygens (including phenoxy) is 5. The average Bonchev–Trinajstić information content (AvgIpc) is 2.94. The number of ketones is 1. The molecule has 3 aliphatic heterocycles. The highest BCUT2D eigenvalue weighted by atomic mass is 16.8. The number of aliphatic hydroxyl groups excluding tert-OH is 6. The smallest absolute Gasteiger partial charge is 0.229 e. The molecule has 0 aromatic heterocycles. The molecule has 0 spiro atoms. The summed E-state index contributed by atoms with van der Waals surface area (Å²) in [6, 6.07) is 8.50. The largest absolute Gasteiger partial charge is 0.508 e. The second-order valence-corrected chi connectivity index (χ2v) is 10.2. The third kappa shape index (κ3) is 5.70. The SMILES string of the molecule is C[C@@H]1O[C@@H](O[C@@H]2[C@H](Oc3cc(O)c4c(c3)O[C@H](c3ccc(O)cc3)CC4=O)O[C@H](CO)[C@@H](O)[C@H]2O)[C@@H](O)[C@@H](O)[C@H]1O. The monoisotopic (exact) mass is 580 g/mol. The normalized spacial score (nSPS) is 37.2. The summed E-state index contributed by atoms with van der Waals surface area (Å²) < 4.78 is 28.6. The van der Waals surface area contributed by atoms with Gasteiger partial charge in [0.1, 0.15) is 71.3 Å². The van der Waals surface area contributed by atoms with E-state index in [4.69, 9.17) is 23.7 Å². The lowest BCUT2D eigenvalue weighted by Crippen LogP contribution is -2.64. The quantitative estimate of drug-likeness (QED) is 0.202. The summed E-state index contributed by atoms with van der Waals surface area (Å²) in [5, 5.41) is 81.6. The molecular formula is C27H32O14. The number of aromatic hydroxyl groups is 2. The molecule has 41 heavy (non-hydrogen) atoms. The lowest BCUT2D eigenvalue weighted by Gasteiger charge is -2.45. The van der Waals surface area contributed by atoms with Gasteiger partial charge >= 0.3 is 0 Å². The number of fused-ring (bicyclic) bond motifs is 1. The molecule has 14 nitrogen and oxygen atoms in total. The molecule has 224 valence electrons. The summed E-state index contributed by atoms with van der Waals surface area (Å²) in [7, 11) is 0. The van der Waals surface area contributed by atoms with Crippen molar-refractivity contribution in [3.63, 3.8) is 0 Å². The first-order valence-electron chi connectivity index (χ1n) is 13.0. The molecule has 0 aliphatic carbocycles. The summed E-state index contributed by atoms with van der Waals surface area (Å²) in [5.74, 6) is -0.947. The molecule has 0 bridgehead atoms. The summed E-state index contributed by atoms with van der Waals surface area (Å²) in [5.41, 5.74) is 0.529. The van der Waals surface area contributed by atoms with Gasteiger partial charge in [0, 0.05) is 12.1 Å². The maximum Gasteiger partial charge on any atom is 0.229 e. The van der Waals surface area contributed by atoms with Crippen LogP contribution in [0.15, 0.2) is 36.4 Å². The standard InChI is InChI=1S/C27H32O14/c1-10-20(32)22(34)24(36)26(37-10)41-25-23(35)21(33)18(9-28)40-27(25)38-13-6-14(30)19-15(31)8-16(39-17(19)7-13)11-2-4-12(29)5-3-11/h2-7,10,16,18,20-30,32-36H,8-9H2,1H3/t10-,16-,18+,20-,21+,22-,23+,24-,25-,26-,27+/m0/s1. The fourth-order valence-electron chi connectivity index (χ4n) is 5.07. The van der Waals surface area contributed by atoms with Crippen molar-refractivity contribution in [2.45, 2.75) is 80.9 Å². The van der Waals surface area contributed by atoms with Crippen molar-refractivity contribution in [3.05, 3.63) is 47.5 Å². The van der Waals surface area contributed by atoms with Gasteiger partial charge in [0.2, 0.25) is 6.29 Å². The number of aliphatic hydroxyl groups is 6. The molecule has 0 amide bonds. The molecule has 0 radical (unpaired) electrons. The predicted octanol–water partition coefficient (Wildman–Crippen LogP) is -1.17. The van der Waals surface area contributed by atoms with Gasteiger partial charge in [0.15, 0.2) is 18.2 Å². The van der Waals surface area contributed by atoms with E-state index in [-0.39, 0.29) is 29.2 Å². The number of rotatable bonds is 6. The number of carbonyl (C=O) groups excluding carboxylic acids is 1. The van der Waals surface area contributed by atoms with Gasteiger partial charge in [0.25, 0.3) is 0 Å². The van der Waals surface area contributed by atoms with Crippen molar-refractivity contribution in [2.24, 2.45) is 0 Å². The van der Waals surface area contributed by atoms with Crippen molar-refractivity contribution in [2.75, 3.05) is 6.61 Å². The zero-order valence-corrected chi connectivity index (χ0v) is 21.8. The van der Waals surface area contributed by atoms with E-state index in [9.17, 15) is 45.6 Å². The van der Waals surface area contributed by atoms with Gasteiger partial charge in [-0.2, -0.15) is 0 Å². The topological polar surface area (TPSA) is 225 Å². The summed E-state index contributed by atoms with van der Waals surface area (Å²) >= 11 is 0. The molecule has 2 aromatic rings. The van der Waals surface area contributed by atoms with E-state index in [0.29, 0.717) is 5.56 Å². The van der Waals surface area contributed by atoms with Crippen LogP contribution in [0.3, 0.4) is 0 Å². The molecule has 3 heterocycles. The number of carbonyl (C=O) groups is 1. The van der Waals surface area contributed by atoms with Crippen LogP contribution in [0.5, 0.6) is 23.0 Å². The van der Waals surface area contributed by atoms with E-state index >= 15 is 0 Å². The van der Waals surface area contributed by atoms with Crippen molar-refractivity contribution >= 4 is 5.78 Å². The lowest BCUT2D eigenvalue weighted by molar-refractivity contribution is -0.354. The Morgan fingerprint density at radius 1 is 0.878 bits per heavy atom. The van der Waals surface area contributed by atoms with E-state index in [1.165, 1.54) is 25.1 Å². The third-order valence-corrected chi connectivity index (χ3v) is 7.42. The highest BCUT2D eigenvalue weighted by molar-refractivity contribution is 6.02. The molecule has 5 rings (SSSR count). The number of phenolic OH excluding ortho intramolecular Hbond substituents is 2. The average molecular weight is 581 g/mol. The van der Waals surface area contributed by atoms with E-state index < -0.39 is 85.7 Å². The van der Waals surface area contributed by atoms with E-state index in [1.807, 2.05) is 0 Å². The Morgan fingerprint density at radius 2 is 1.59 bits per heavy atom. The van der Waals surface area contributed by atoms with E-state index in [1.54, 1.807) is 12.1 Å². The van der Waals surface area contributed by atoms with Crippen molar-refractivity contribution in [1.82, 2.24) is 0 Å². The molecule has 0 saturated carbocycles. The number of Topliss-reactive ketones (excluding diaryl/α,β-unsaturated/α-hetero) is 1. The Morgan fingerprint density at radius 3 is 2.27 bits per heavy atom. The van der Waals surface area contributed by atoms with Gasteiger partial charge < -0.3 is 64.5 Å². The Balaban J connectivity index is 1.41. The lowest BCUT2D eigenvalue weighted by atomic mass is 9.95. The first-order valence-corrected chi connectivity index (χ1v) is 13.0. The third-order valence-electron chi connectivity index (χ3n) is 7.42. The van der Waals surface area contributed by atoms with E-state index in [0.717, 1.165) is 6.07 Å². The first-order chi connectivity index (χ1) is 19.5. The molecule has 2 fully saturated rings. The van der Waals surface area contributed by atoms with Crippen molar-refractivity contribution < 1.29 is 69.3 Å². The minimum absolute atomic E-state index is 0.0149. The fraction of sp³-hybridized carbons (Fsp3) is 0.519. The highest BCUT2D eigenvalue weighted by Gasteiger charge is 2.51. The fourth-order valence-corrected chi connectivity index (χ4v) is 5.07.